The zero-order valence-corrected chi connectivity index (χ0v) is 32.3. The van der Waals surface area contributed by atoms with Crippen LogP contribution in [0.25, 0.3) is 88.4 Å². The van der Waals surface area contributed by atoms with E-state index in [-0.39, 0.29) is 0 Å². The van der Waals surface area contributed by atoms with Crippen LogP contribution >= 0.6 is 0 Å². The number of hydrogen-bond donors (Lipinski definition) is 0. The van der Waals surface area contributed by atoms with Crippen molar-refractivity contribution >= 4 is 43.5 Å². The quantitative estimate of drug-likeness (QED) is 0.168. The highest BCUT2D eigenvalue weighted by atomic mass is 16.5. The van der Waals surface area contributed by atoms with E-state index in [1.807, 2.05) is 18.2 Å². The average molecular weight is 764 g/mol. The lowest BCUT2D eigenvalue weighted by atomic mass is 9.65. The van der Waals surface area contributed by atoms with Crippen molar-refractivity contribution in [2.75, 3.05) is 0 Å². The molecule has 0 atom stereocenters. The molecule has 2 aliphatic rings. The first kappa shape index (κ1) is 33.1. The molecule has 13 rings (SSSR count). The Balaban J connectivity index is 1.03. The first-order valence-electron chi connectivity index (χ1n) is 20.4. The van der Waals surface area contributed by atoms with E-state index in [2.05, 4.69) is 182 Å². The summed E-state index contributed by atoms with van der Waals surface area (Å²) < 4.78 is 7.17. The summed E-state index contributed by atoms with van der Waals surface area (Å²) in [7, 11) is 0. The number of rotatable bonds is 3. The molecule has 0 saturated carbocycles. The number of aromatic nitrogens is 3. The third kappa shape index (κ3) is 4.59. The fraction of sp³-hybridized carbons (Fsp3) is 0.0179. The molecule has 3 aromatic heterocycles. The van der Waals surface area contributed by atoms with Crippen molar-refractivity contribution < 1.29 is 4.74 Å². The van der Waals surface area contributed by atoms with Gasteiger partial charge in [-0.2, -0.15) is 0 Å². The molecule has 4 heteroatoms. The molecule has 0 saturated heterocycles. The standard InChI is InChI=1S/C56H33N3O/c1-2-13-34(14-3-1)47-31-27-35-25-26-36-28-32-48(58-54(36)53(35)57-47)37-15-12-16-38(33-37)52-42-29-30-46-55(51(42)41-19-6-10-23-49(41)59-52)60-50-24-11-9-22-45(50)56(46)43-20-7-4-17-39(43)40-18-5-8-21-44(40)56/h1-33H. The van der Waals surface area contributed by atoms with Crippen molar-refractivity contribution in [3.05, 3.63) is 222 Å². The largest absolute Gasteiger partial charge is 0.456 e. The van der Waals surface area contributed by atoms with Crippen LogP contribution in [0.5, 0.6) is 11.5 Å². The number of pyridine rings is 3. The highest BCUT2D eigenvalue weighted by Gasteiger charge is 2.51. The van der Waals surface area contributed by atoms with Crippen LogP contribution in [-0.2, 0) is 5.41 Å². The van der Waals surface area contributed by atoms with Crippen molar-refractivity contribution in [2.24, 2.45) is 0 Å². The van der Waals surface area contributed by atoms with Gasteiger partial charge in [0.25, 0.3) is 0 Å². The Morgan fingerprint density at radius 3 is 1.72 bits per heavy atom. The summed E-state index contributed by atoms with van der Waals surface area (Å²) in [5, 5.41) is 5.27. The van der Waals surface area contributed by atoms with Gasteiger partial charge in [-0.1, -0.05) is 170 Å². The summed E-state index contributed by atoms with van der Waals surface area (Å²) in [6.45, 7) is 0. The van der Waals surface area contributed by atoms with Crippen LogP contribution < -0.4 is 4.74 Å². The molecule has 0 N–H and O–H groups in total. The Bertz CT molecular complexity index is 3550. The Labute approximate surface area is 346 Å². The molecule has 0 fully saturated rings. The van der Waals surface area contributed by atoms with Crippen LogP contribution in [0, 0.1) is 0 Å². The van der Waals surface area contributed by atoms with Gasteiger partial charge in [-0.05, 0) is 52.6 Å². The lowest BCUT2D eigenvalue weighted by Gasteiger charge is -2.40. The van der Waals surface area contributed by atoms with E-state index in [1.165, 1.54) is 22.3 Å². The maximum Gasteiger partial charge on any atom is 0.140 e. The Morgan fingerprint density at radius 1 is 0.383 bits per heavy atom. The van der Waals surface area contributed by atoms with E-state index in [0.717, 1.165) is 99.9 Å². The van der Waals surface area contributed by atoms with Gasteiger partial charge in [0.1, 0.15) is 11.5 Å². The smallest absolute Gasteiger partial charge is 0.140 e. The normalized spacial score (nSPS) is 13.3. The number of para-hydroxylation sites is 2. The summed E-state index contributed by atoms with van der Waals surface area (Å²) >= 11 is 0. The van der Waals surface area contributed by atoms with E-state index in [4.69, 9.17) is 19.7 Å². The molecular formula is C56H33N3O. The molecule has 4 nitrogen and oxygen atoms in total. The predicted octanol–water partition coefficient (Wildman–Crippen LogP) is 14.0. The molecule has 1 aliphatic carbocycles. The molecule has 1 spiro atoms. The molecule has 0 unspecified atom stereocenters. The number of benzene rings is 8. The van der Waals surface area contributed by atoms with E-state index in [1.54, 1.807) is 0 Å². The number of fused-ring (bicyclic) bond motifs is 16. The Kier molecular flexibility index (Phi) is 6.90. The van der Waals surface area contributed by atoms with Gasteiger partial charge in [0.15, 0.2) is 0 Å². The average Bonchev–Trinajstić information content (AvgIpc) is 3.61. The van der Waals surface area contributed by atoms with Gasteiger partial charge in [-0.15, -0.1) is 0 Å². The first-order valence-corrected chi connectivity index (χ1v) is 20.4. The molecular weight excluding hydrogens is 731 g/mol. The summed E-state index contributed by atoms with van der Waals surface area (Å²) in [6.07, 6.45) is 0. The molecule has 8 aromatic carbocycles. The van der Waals surface area contributed by atoms with Gasteiger partial charge in [-0.3, -0.25) is 0 Å². The van der Waals surface area contributed by atoms with E-state index in [0.29, 0.717) is 0 Å². The molecule has 278 valence electrons. The van der Waals surface area contributed by atoms with Crippen molar-refractivity contribution in [3.8, 4) is 56.4 Å². The van der Waals surface area contributed by atoms with Crippen molar-refractivity contribution in [2.45, 2.75) is 5.41 Å². The minimum atomic E-state index is -0.557. The van der Waals surface area contributed by atoms with E-state index < -0.39 is 5.41 Å². The fourth-order valence-electron chi connectivity index (χ4n) is 10.1. The van der Waals surface area contributed by atoms with Crippen molar-refractivity contribution in [1.82, 2.24) is 15.0 Å². The predicted molar refractivity (Wildman–Crippen MR) is 244 cm³/mol. The van der Waals surface area contributed by atoms with Crippen LogP contribution in [0.3, 0.4) is 0 Å². The molecule has 0 amide bonds. The van der Waals surface area contributed by atoms with Crippen molar-refractivity contribution in [3.63, 3.8) is 0 Å². The maximum atomic E-state index is 7.17. The summed E-state index contributed by atoms with van der Waals surface area (Å²) in [6, 6.07) is 71.1. The molecule has 60 heavy (non-hydrogen) atoms. The zero-order chi connectivity index (χ0) is 39.4. The second-order valence-corrected chi connectivity index (χ2v) is 15.8. The topological polar surface area (TPSA) is 47.9 Å². The molecule has 4 heterocycles. The van der Waals surface area contributed by atoms with Gasteiger partial charge >= 0.3 is 0 Å². The fourth-order valence-corrected chi connectivity index (χ4v) is 10.1. The Morgan fingerprint density at radius 2 is 0.967 bits per heavy atom. The number of nitrogens with zero attached hydrogens (tertiary/aromatic N) is 3. The van der Waals surface area contributed by atoms with Crippen LogP contribution in [0.4, 0.5) is 0 Å². The maximum absolute atomic E-state index is 7.17. The molecule has 0 radical (unpaired) electrons. The minimum Gasteiger partial charge on any atom is -0.456 e. The second kappa shape index (κ2) is 12.5. The highest BCUT2D eigenvalue weighted by Crippen LogP contribution is 2.63. The summed E-state index contributed by atoms with van der Waals surface area (Å²) in [4.78, 5) is 15.9. The third-order valence-corrected chi connectivity index (χ3v) is 12.7. The lowest BCUT2D eigenvalue weighted by Crippen LogP contribution is -2.32. The van der Waals surface area contributed by atoms with Crippen LogP contribution in [0.1, 0.15) is 22.3 Å². The van der Waals surface area contributed by atoms with Gasteiger partial charge < -0.3 is 4.74 Å². The van der Waals surface area contributed by atoms with Gasteiger partial charge in [0.2, 0.25) is 0 Å². The van der Waals surface area contributed by atoms with Gasteiger partial charge in [0.05, 0.1) is 39.0 Å². The molecule has 0 bridgehead atoms. The van der Waals surface area contributed by atoms with Crippen LogP contribution in [0.2, 0.25) is 0 Å². The van der Waals surface area contributed by atoms with Gasteiger partial charge in [0, 0.05) is 54.7 Å². The van der Waals surface area contributed by atoms with Crippen LogP contribution in [0.15, 0.2) is 200 Å². The number of ether oxygens (including phenoxy) is 1. The zero-order valence-electron chi connectivity index (χ0n) is 32.3. The summed E-state index contributed by atoms with van der Waals surface area (Å²) in [5.41, 5.74) is 15.3. The Hall–Kier alpha value is -7.95. The third-order valence-electron chi connectivity index (χ3n) is 12.7. The monoisotopic (exact) mass is 763 g/mol. The summed E-state index contributed by atoms with van der Waals surface area (Å²) in [5.74, 6) is 1.74. The number of hydrogen-bond acceptors (Lipinski definition) is 4. The van der Waals surface area contributed by atoms with E-state index >= 15 is 0 Å². The second-order valence-electron chi connectivity index (χ2n) is 15.8. The SMILES string of the molecule is c1ccc(-c2ccc3ccc4ccc(-c5cccc(-c6nc7ccccc7c7c8c(ccc67)C6(c7ccccc7O8)c7ccccc7-c7ccccc76)c5)nc4c3n2)cc1. The van der Waals surface area contributed by atoms with E-state index in [9.17, 15) is 0 Å². The first-order chi connectivity index (χ1) is 29.7. The van der Waals surface area contributed by atoms with Crippen molar-refractivity contribution in [1.29, 1.82) is 0 Å². The highest BCUT2D eigenvalue weighted by molar-refractivity contribution is 6.15. The lowest BCUT2D eigenvalue weighted by molar-refractivity contribution is 0.442. The van der Waals surface area contributed by atoms with Crippen LogP contribution in [-0.4, -0.2) is 15.0 Å². The molecule has 1 aliphatic heterocycles. The molecule has 11 aromatic rings. The minimum absolute atomic E-state index is 0.557. The van der Waals surface area contributed by atoms with Gasteiger partial charge in [-0.25, -0.2) is 15.0 Å².